The van der Waals surface area contributed by atoms with Gasteiger partial charge in [0.25, 0.3) is 0 Å². The molecule has 0 spiro atoms. The third-order valence-corrected chi connectivity index (χ3v) is 3.43. The first-order valence-corrected chi connectivity index (χ1v) is 6.31. The van der Waals surface area contributed by atoms with Crippen molar-refractivity contribution in [2.45, 2.75) is 32.2 Å². The van der Waals surface area contributed by atoms with Gasteiger partial charge in [0.15, 0.2) is 0 Å². The largest absolute Gasteiger partial charge is 0.323 e. The van der Waals surface area contributed by atoms with E-state index in [0.29, 0.717) is 11.9 Å². The molecule has 0 aliphatic rings. The SMILES string of the molecule is CCC(C)n1c(CCl)nc2cccc(Cl)c21. The summed E-state index contributed by atoms with van der Waals surface area (Å²) in [5.41, 5.74) is 1.91. The molecular formula is C12H14Cl2N2. The molecule has 0 aliphatic carbocycles. The molecule has 0 bridgehead atoms. The van der Waals surface area contributed by atoms with Crippen LogP contribution in [0.1, 0.15) is 32.1 Å². The molecule has 0 amide bonds. The molecule has 2 aromatic rings. The van der Waals surface area contributed by atoms with Gasteiger partial charge in [-0.1, -0.05) is 24.6 Å². The smallest absolute Gasteiger partial charge is 0.125 e. The summed E-state index contributed by atoms with van der Waals surface area (Å²) in [6, 6.07) is 6.13. The molecule has 0 fully saturated rings. The molecule has 0 saturated carbocycles. The maximum atomic E-state index is 6.23. The maximum absolute atomic E-state index is 6.23. The first kappa shape index (κ1) is 11.7. The lowest BCUT2D eigenvalue weighted by Gasteiger charge is -2.15. The van der Waals surface area contributed by atoms with Crippen LogP contribution in [-0.2, 0) is 5.88 Å². The van der Waals surface area contributed by atoms with E-state index in [4.69, 9.17) is 23.2 Å². The molecule has 0 saturated heterocycles. The Kier molecular flexibility index (Phi) is 3.41. The zero-order valence-corrected chi connectivity index (χ0v) is 10.9. The predicted octanol–water partition coefficient (Wildman–Crippen LogP) is 4.40. The quantitative estimate of drug-likeness (QED) is 0.745. The van der Waals surface area contributed by atoms with Crippen molar-refractivity contribution in [1.29, 1.82) is 0 Å². The van der Waals surface area contributed by atoms with Crippen molar-refractivity contribution < 1.29 is 0 Å². The number of para-hydroxylation sites is 1. The van der Waals surface area contributed by atoms with Crippen LogP contribution in [0.5, 0.6) is 0 Å². The average Bonchev–Trinajstić information content (AvgIpc) is 2.68. The standard InChI is InChI=1S/C12H14Cl2N2/c1-3-8(2)16-11(7-13)15-10-6-4-5-9(14)12(10)16/h4-6,8H,3,7H2,1-2H3. The van der Waals surface area contributed by atoms with E-state index in [-0.39, 0.29) is 0 Å². The molecule has 1 atom stereocenters. The number of imidazole rings is 1. The lowest BCUT2D eigenvalue weighted by molar-refractivity contribution is 0.530. The second kappa shape index (κ2) is 4.64. The second-order valence-electron chi connectivity index (χ2n) is 3.90. The van der Waals surface area contributed by atoms with E-state index in [1.807, 2.05) is 18.2 Å². The minimum absolute atomic E-state index is 0.360. The summed E-state index contributed by atoms with van der Waals surface area (Å²) < 4.78 is 2.14. The van der Waals surface area contributed by atoms with Crippen molar-refractivity contribution in [1.82, 2.24) is 9.55 Å². The molecule has 0 radical (unpaired) electrons. The van der Waals surface area contributed by atoms with E-state index in [0.717, 1.165) is 28.3 Å². The van der Waals surface area contributed by atoms with Gasteiger partial charge in [0.1, 0.15) is 5.82 Å². The fraction of sp³-hybridized carbons (Fsp3) is 0.417. The number of alkyl halides is 1. The van der Waals surface area contributed by atoms with Crippen LogP contribution in [0, 0.1) is 0 Å². The van der Waals surface area contributed by atoms with Crippen LogP contribution in [0.25, 0.3) is 11.0 Å². The average molecular weight is 257 g/mol. The molecule has 1 heterocycles. The van der Waals surface area contributed by atoms with Crippen LogP contribution in [0.2, 0.25) is 5.02 Å². The van der Waals surface area contributed by atoms with Gasteiger partial charge in [-0.3, -0.25) is 0 Å². The van der Waals surface area contributed by atoms with Gasteiger partial charge in [-0.05, 0) is 25.5 Å². The highest BCUT2D eigenvalue weighted by Gasteiger charge is 2.15. The van der Waals surface area contributed by atoms with Crippen molar-refractivity contribution in [3.8, 4) is 0 Å². The summed E-state index contributed by atoms with van der Waals surface area (Å²) in [5, 5.41) is 0.738. The molecule has 2 nitrogen and oxygen atoms in total. The minimum Gasteiger partial charge on any atom is -0.323 e. The molecule has 1 unspecified atom stereocenters. The summed E-state index contributed by atoms with van der Waals surface area (Å²) in [5.74, 6) is 1.30. The van der Waals surface area contributed by atoms with Crippen molar-refractivity contribution in [2.24, 2.45) is 0 Å². The van der Waals surface area contributed by atoms with Gasteiger partial charge in [0.2, 0.25) is 0 Å². The summed E-state index contributed by atoms with van der Waals surface area (Å²) in [6.07, 6.45) is 1.03. The number of aromatic nitrogens is 2. The molecule has 0 N–H and O–H groups in total. The Morgan fingerprint density at radius 3 is 2.81 bits per heavy atom. The normalized spacial score (nSPS) is 13.2. The Morgan fingerprint density at radius 1 is 1.44 bits per heavy atom. The van der Waals surface area contributed by atoms with Crippen molar-refractivity contribution in [3.05, 3.63) is 29.0 Å². The Labute approximate surface area is 105 Å². The van der Waals surface area contributed by atoms with E-state index in [1.54, 1.807) is 0 Å². The molecule has 16 heavy (non-hydrogen) atoms. The molecule has 1 aromatic carbocycles. The van der Waals surface area contributed by atoms with E-state index >= 15 is 0 Å². The Hall–Kier alpha value is -0.730. The van der Waals surface area contributed by atoms with Gasteiger partial charge in [-0.15, -0.1) is 11.6 Å². The van der Waals surface area contributed by atoms with Crippen molar-refractivity contribution >= 4 is 34.2 Å². The van der Waals surface area contributed by atoms with Gasteiger partial charge in [-0.25, -0.2) is 4.98 Å². The van der Waals surface area contributed by atoms with Crippen LogP contribution < -0.4 is 0 Å². The van der Waals surface area contributed by atoms with Crippen LogP contribution in [-0.4, -0.2) is 9.55 Å². The molecule has 0 aliphatic heterocycles. The zero-order chi connectivity index (χ0) is 11.7. The van der Waals surface area contributed by atoms with Gasteiger partial charge < -0.3 is 4.57 Å². The maximum Gasteiger partial charge on any atom is 0.125 e. The molecule has 4 heteroatoms. The first-order valence-electron chi connectivity index (χ1n) is 5.40. The summed E-state index contributed by atoms with van der Waals surface area (Å²) in [7, 11) is 0. The molecular weight excluding hydrogens is 243 g/mol. The monoisotopic (exact) mass is 256 g/mol. The molecule has 1 aromatic heterocycles. The number of nitrogens with zero attached hydrogens (tertiary/aromatic N) is 2. The Balaban J connectivity index is 2.75. The van der Waals surface area contributed by atoms with Crippen molar-refractivity contribution in [3.63, 3.8) is 0 Å². The van der Waals surface area contributed by atoms with Crippen molar-refractivity contribution in [2.75, 3.05) is 0 Å². The van der Waals surface area contributed by atoms with Gasteiger partial charge >= 0.3 is 0 Å². The Bertz CT molecular complexity index is 505. The van der Waals surface area contributed by atoms with Crippen LogP contribution in [0.15, 0.2) is 18.2 Å². The highest BCUT2D eigenvalue weighted by atomic mass is 35.5. The molecule has 2 rings (SSSR count). The molecule has 86 valence electrons. The van der Waals surface area contributed by atoms with Gasteiger partial charge in [0, 0.05) is 6.04 Å². The lowest BCUT2D eigenvalue weighted by atomic mass is 10.2. The van der Waals surface area contributed by atoms with Crippen LogP contribution in [0.4, 0.5) is 0 Å². The summed E-state index contributed by atoms with van der Waals surface area (Å²) in [6.45, 7) is 4.30. The van der Waals surface area contributed by atoms with E-state index in [1.165, 1.54) is 0 Å². The first-order chi connectivity index (χ1) is 7.69. The predicted molar refractivity (Wildman–Crippen MR) is 69.3 cm³/mol. The van der Waals surface area contributed by atoms with E-state index in [9.17, 15) is 0 Å². The highest BCUT2D eigenvalue weighted by Crippen LogP contribution is 2.29. The highest BCUT2D eigenvalue weighted by molar-refractivity contribution is 6.35. The fourth-order valence-corrected chi connectivity index (χ4v) is 2.36. The number of halogens is 2. The topological polar surface area (TPSA) is 17.8 Å². The number of rotatable bonds is 3. The lowest BCUT2D eigenvalue weighted by Crippen LogP contribution is -2.07. The summed E-state index contributed by atoms with van der Waals surface area (Å²) >= 11 is 12.2. The van der Waals surface area contributed by atoms with Crippen LogP contribution in [0.3, 0.4) is 0 Å². The third kappa shape index (κ3) is 1.80. The number of benzene rings is 1. The minimum atomic E-state index is 0.360. The van der Waals surface area contributed by atoms with E-state index in [2.05, 4.69) is 23.4 Å². The summed E-state index contributed by atoms with van der Waals surface area (Å²) in [4.78, 5) is 4.51. The van der Waals surface area contributed by atoms with E-state index < -0.39 is 0 Å². The van der Waals surface area contributed by atoms with Crippen LogP contribution >= 0.6 is 23.2 Å². The Morgan fingerprint density at radius 2 is 2.19 bits per heavy atom. The van der Waals surface area contributed by atoms with Gasteiger partial charge in [0.05, 0.1) is 21.9 Å². The number of hydrogen-bond acceptors (Lipinski definition) is 1. The number of hydrogen-bond donors (Lipinski definition) is 0. The fourth-order valence-electron chi connectivity index (χ4n) is 1.91. The third-order valence-electron chi connectivity index (χ3n) is 2.89. The number of fused-ring (bicyclic) bond motifs is 1. The van der Waals surface area contributed by atoms with Gasteiger partial charge in [-0.2, -0.15) is 0 Å². The zero-order valence-electron chi connectivity index (χ0n) is 9.37. The second-order valence-corrected chi connectivity index (χ2v) is 4.57.